The fourth-order valence-corrected chi connectivity index (χ4v) is 4.19. The fraction of sp³-hybridized carbons (Fsp3) is 0.292. The van der Waals surface area contributed by atoms with Gasteiger partial charge in [-0.2, -0.15) is 0 Å². The second-order valence-electron chi connectivity index (χ2n) is 7.48. The van der Waals surface area contributed by atoms with Gasteiger partial charge in [0.05, 0.1) is 19.9 Å². The van der Waals surface area contributed by atoms with Crippen molar-refractivity contribution in [3.05, 3.63) is 64.7 Å². The lowest BCUT2D eigenvalue weighted by molar-refractivity contribution is -0.130. The highest BCUT2D eigenvalue weighted by atomic mass is 32.1. The van der Waals surface area contributed by atoms with E-state index in [9.17, 15) is 9.59 Å². The molecule has 166 valence electrons. The van der Waals surface area contributed by atoms with Crippen LogP contribution in [0.15, 0.2) is 48.5 Å². The highest BCUT2D eigenvalue weighted by Gasteiger charge is 2.32. The maximum Gasteiger partial charge on any atom is 0.351 e. The number of carbonyl (C=O) groups is 2. The molecule has 0 radical (unpaired) electrons. The number of benzene rings is 2. The fourth-order valence-electron chi connectivity index (χ4n) is 3.24. The van der Waals surface area contributed by atoms with E-state index in [4.69, 9.17) is 14.2 Å². The summed E-state index contributed by atoms with van der Waals surface area (Å²) in [6, 6.07) is 14.6. The van der Waals surface area contributed by atoms with E-state index in [0.29, 0.717) is 32.6 Å². The molecule has 32 heavy (non-hydrogen) atoms. The number of nitrogens with zero attached hydrogens (tertiary/aromatic N) is 1. The molecule has 1 amide bonds. The second-order valence-corrected chi connectivity index (χ2v) is 8.48. The Labute approximate surface area is 190 Å². The normalized spacial score (nSPS) is 13.8. The van der Waals surface area contributed by atoms with Crippen molar-refractivity contribution in [1.29, 1.82) is 0 Å². The van der Waals surface area contributed by atoms with Crippen LogP contribution in [-0.2, 0) is 9.53 Å². The summed E-state index contributed by atoms with van der Waals surface area (Å²) in [5.41, 5.74) is 1.96. The zero-order valence-corrected chi connectivity index (χ0v) is 18.9. The minimum absolute atomic E-state index is 0.161. The third-order valence-corrected chi connectivity index (χ3v) is 6.29. The molecule has 1 unspecified atom stereocenters. The molecule has 0 aliphatic heterocycles. The first kappa shape index (κ1) is 21.8. The zero-order chi connectivity index (χ0) is 22.7. The molecule has 7 nitrogen and oxygen atoms in total. The lowest BCUT2D eigenvalue weighted by atomic mass is 10.1. The van der Waals surface area contributed by atoms with Gasteiger partial charge in [-0.25, -0.2) is 9.78 Å². The number of hydrogen-bond donors (Lipinski definition) is 1. The van der Waals surface area contributed by atoms with Crippen molar-refractivity contribution < 1.29 is 23.8 Å². The Morgan fingerprint density at radius 1 is 1.06 bits per heavy atom. The van der Waals surface area contributed by atoms with Crippen LogP contribution in [0.25, 0.3) is 10.6 Å². The van der Waals surface area contributed by atoms with Crippen molar-refractivity contribution in [3.8, 4) is 22.1 Å². The molecule has 1 aromatic heterocycles. The molecule has 1 saturated carbocycles. The topological polar surface area (TPSA) is 86.8 Å². The Kier molecular flexibility index (Phi) is 6.41. The van der Waals surface area contributed by atoms with Crippen molar-refractivity contribution in [2.45, 2.75) is 31.9 Å². The monoisotopic (exact) mass is 452 g/mol. The predicted molar refractivity (Wildman–Crippen MR) is 121 cm³/mol. The lowest BCUT2D eigenvalue weighted by Crippen LogP contribution is -2.33. The molecule has 1 aliphatic rings. The van der Waals surface area contributed by atoms with Crippen LogP contribution in [0.1, 0.15) is 39.9 Å². The molecule has 0 spiro atoms. The van der Waals surface area contributed by atoms with Crippen LogP contribution in [0.2, 0.25) is 0 Å². The molecule has 1 fully saturated rings. The maximum absolute atomic E-state index is 13.0. The number of esters is 1. The Morgan fingerprint density at radius 2 is 1.78 bits per heavy atom. The Hall–Kier alpha value is -3.39. The van der Waals surface area contributed by atoms with E-state index in [1.807, 2.05) is 30.3 Å². The third-order valence-electron chi connectivity index (χ3n) is 5.10. The van der Waals surface area contributed by atoms with E-state index in [-0.39, 0.29) is 11.9 Å². The summed E-state index contributed by atoms with van der Waals surface area (Å²) in [4.78, 5) is 30.7. The first-order valence-electron chi connectivity index (χ1n) is 10.3. The average molecular weight is 453 g/mol. The van der Waals surface area contributed by atoms with E-state index in [2.05, 4.69) is 10.3 Å². The van der Waals surface area contributed by atoms with Gasteiger partial charge < -0.3 is 19.5 Å². The van der Waals surface area contributed by atoms with Gasteiger partial charge >= 0.3 is 5.97 Å². The highest BCUT2D eigenvalue weighted by Crippen LogP contribution is 2.35. The van der Waals surface area contributed by atoms with Gasteiger partial charge in [0.2, 0.25) is 6.10 Å². The van der Waals surface area contributed by atoms with Gasteiger partial charge in [-0.1, -0.05) is 30.3 Å². The van der Waals surface area contributed by atoms with Gasteiger partial charge in [0.25, 0.3) is 5.91 Å². The number of hydrogen-bond acceptors (Lipinski definition) is 7. The number of aromatic nitrogens is 1. The van der Waals surface area contributed by atoms with Crippen LogP contribution in [0, 0.1) is 6.92 Å². The predicted octanol–water partition coefficient (Wildman–Crippen LogP) is 4.31. The molecule has 1 atom stereocenters. The van der Waals surface area contributed by atoms with Crippen molar-refractivity contribution >= 4 is 23.2 Å². The van der Waals surface area contributed by atoms with Crippen LogP contribution in [0.5, 0.6) is 11.5 Å². The van der Waals surface area contributed by atoms with E-state index in [1.54, 1.807) is 39.3 Å². The van der Waals surface area contributed by atoms with E-state index >= 15 is 0 Å². The van der Waals surface area contributed by atoms with E-state index < -0.39 is 12.1 Å². The summed E-state index contributed by atoms with van der Waals surface area (Å²) in [7, 11) is 3.13. The minimum atomic E-state index is -1.02. The van der Waals surface area contributed by atoms with Gasteiger partial charge in [-0.15, -0.1) is 11.3 Å². The van der Waals surface area contributed by atoms with Crippen LogP contribution in [0.4, 0.5) is 0 Å². The van der Waals surface area contributed by atoms with E-state index in [0.717, 1.165) is 18.4 Å². The standard InChI is InChI=1S/C24H24N2O5S/c1-14-21(32-23(25-14)16-9-12-18(29-2)19(13-16)30-3)24(28)31-20(15-7-5-4-6-8-15)22(27)26-17-10-11-17/h4-9,12-13,17,20H,10-11H2,1-3H3,(H,26,27). The summed E-state index contributed by atoms with van der Waals surface area (Å²) in [5.74, 6) is 0.292. The minimum Gasteiger partial charge on any atom is -0.493 e. The molecule has 3 aromatic rings. The van der Waals surface area contributed by atoms with Gasteiger partial charge in [-0.3, -0.25) is 4.79 Å². The Morgan fingerprint density at radius 3 is 2.44 bits per heavy atom. The number of rotatable bonds is 8. The van der Waals surface area contributed by atoms with E-state index in [1.165, 1.54) is 11.3 Å². The number of ether oxygens (including phenoxy) is 3. The van der Waals surface area contributed by atoms with Crippen LogP contribution in [-0.4, -0.2) is 37.1 Å². The molecule has 1 N–H and O–H groups in total. The summed E-state index contributed by atoms with van der Waals surface area (Å²) < 4.78 is 16.3. The van der Waals surface area contributed by atoms with Gasteiger partial charge in [0, 0.05) is 17.2 Å². The van der Waals surface area contributed by atoms with Crippen LogP contribution >= 0.6 is 11.3 Å². The quantitative estimate of drug-likeness (QED) is 0.513. The maximum atomic E-state index is 13.0. The Bertz CT molecular complexity index is 1120. The molecule has 1 aliphatic carbocycles. The number of amides is 1. The smallest absolute Gasteiger partial charge is 0.351 e. The number of methoxy groups -OCH3 is 2. The van der Waals surface area contributed by atoms with Crippen molar-refractivity contribution in [3.63, 3.8) is 0 Å². The van der Waals surface area contributed by atoms with Crippen molar-refractivity contribution in [2.75, 3.05) is 14.2 Å². The van der Waals surface area contributed by atoms with Gasteiger partial charge in [-0.05, 0) is 38.0 Å². The molecule has 1 heterocycles. The average Bonchev–Trinajstić information content (AvgIpc) is 3.55. The van der Waals surface area contributed by atoms with Crippen molar-refractivity contribution in [1.82, 2.24) is 10.3 Å². The SMILES string of the molecule is COc1ccc(-c2nc(C)c(C(=O)OC(C(=O)NC3CC3)c3ccccc3)s2)cc1OC. The summed E-state index contributed by atoms with van der Waals surface area (Å²) in [5, 5.41) is 3.57. The summed E-state index contributed by atoms with van der Waals surface area (Å²) in [6.07, 6.45) is 0.878. The summed E-state index contributed by atoms with van der Waals surface area (Å²) in [6.45, 7) is 1.75. The number of thiazole rings is 1. The van der Waals surface area contributed by atoms with Crippen LogP contribution in [0.3, 0.4) is 0 Å². The van der Waals surface area contributed by atoms with Gasteiger partial charge in [0.1, 0.15) is 9.88 Å². The largest absolute Gasteiger partial charge is 0.493 e. The van der Waals surface area contributed by atoms with Gasteiger partial charge in [0.15, 0.2) is 11.5 Å². The first-order valence-corrected chi connectivity index (χ1v) is 11.1. The van der Waals surface area contributed by atoms with Crippen molar-refractivity contribution in [2.24, 2.45) is 0 Å². The number of aryl methyl sites for hydroxylation is 1. The second kappa shape index (κ2) is 9.40. The number of nitrogens with one attached hydrogen (secondary N) is 1. The molecule has 0 bridgehead atoms. The molecular formula is C24H24N2O5S. The lowest BCUT2D eigenvalue weighted by Gasteiger charge is -2.17. The molecule has 2 aromatic carbocycles. The molecular weight excluding hydrogens is 428 g/mol. The molecule has 0 saturated heterocycles. The molecule has 4 rings (SSSR count). The number of carbonyl (C=O) groups excluding carboxylic acids is 2. The summed E-state index contributed by atoms with van der Waals surface area (Å²) >= 11 is 1.21. The highest BCUT2D eigenvalue weighted by molar-refractivity contribution is 7.17. The Balaban J connectivity index is 1.58. The van der Waals surface area contributed by atoms with Crippen LogP contribution < -0.4 is 14.8 Å². The zero-order valence-electron chi connectivity index (χ0n) is 18.1. The molecule has 8 heteroatoms. The third kappa shape index (κ3) is 4.75. The first-order chi connectivity index (χ1) is 15.5.